The zero-order chi connectivity index (χ0) is 5.41. The first-order valence-electron chi connectivity index (χ1n) is 2.41. The third-order valence-electron chi connectivity index (χ3n) is 0. The van der Waals surface area contributed by atoms with Crippen LogP contribution in [0.15, 0.2) is 0 Å². The fraction of sp³-hybridized carbons (Fsp3) is 0.667. The van der Waals surface area contributed by atoms with E-state index in [1.54, 1.807) is 0 Å². The molecule has 0 aromatic carbocycles. The van der Waals surface area contributed by atoms with Crippen molar-refractivity contribution in [2.45, 2.75) is 26.7 Å². The molecule has 7 heavy (non-hydrogen) atoms. The van der Waals surface area contributed by atoms with Crippen LogP contribution in [0.5, 0.6) is 0 Å². The Hall–Kier alpha value is 0.623. The smallest absolute Gasteiger partial charge is 0.344 e. The van der Waals surface area contributed by atoms with Crippen molar-refractivity contribution in [1.82, 2.24) is 0 Å². The summed E-state index contributed by atoms with van der Waals surface area (Å²) >= 11 is 0. The first-order valence-corrected chi connectivity index (χ1v) is 2.41. The SMILES string of the molecule is [CH2-]CC.[CH2-]CC.[Ru+2]. The topological polar surface area (TPSA) is 0 Å². The van der Waals surface area contributed by atoms with Crippen molar-refractivity contribution < 1.29 is 19.5 Å². The van der Waals surface area contributed by atoms with Gasteiger partial charge in [0.1, 0.15) is 0 Å². The molecule has 0 fully saturated rings. The van der Waals surface area contributed by atoms with Crippen molar-refractivity contribution in [3.8, 4) is 0 Å². The third kappa shape index (κ3) is 364. The van der Waals surface area contributed by atoms with Gasteiger partial charge in [0.15, 0.2) is 0 Å². The molecule has 0 saturated carbocycles. The Morgan fingerprint density at radius 3 is 1.00 bits per heavy atom. The van der Waals surface area contributed by atoms with Crippen LogP contribution in [0, 0.1) is 13.8 Å². The number of hydrogen-bond donors (Lipinski definition) is 0. The van der Waals surface area contributed by atoms with Crippen molar-refractivity contribution in [2.24, 2.45) is 0 Å². The second-order valence-electron chi connectivity index (χ2n) is 1.000. The second-order valence-corrected chi connectivity index (χ2v) is 1.000. The largest absolute Gasteiger partial charge is 2.00 e. The molecular formula is C6H14Ru. The molecular weight excluding hydrogens is 173 g/mol. The Bertz CT molecular complexity index is 6.14. The fourth-order valence-electron chi connectivity index (χ4n) is 0. The van der Waals surface area contributed by atoms with Crippen LogP contribution in [-0.2, 0) is 19.5 Å². The van der Waals surface area contributed by atoms with Crippen molar-refractivity contribution >= 4 is 0 Å². The Morgan fingerprint density at radius 2 is 1.00 bits per heavy atom. The third-order valence-corrected chi connectivity index (χ3v) is 0. The molecule has 0 unspecified atom stereocenters. The molecule has 0 aliphatic heterocycles. The van der Waals surface area contributed by atoms with Crippen LogP contribution in [0.4, 0.5) is 0 Å². The Labute approximate surface area is 60.5 Å². The van der Waals surface area contributed by atoms with E-state index in [1.807, 2.05) is 13.8 Å². The fourth-order valence-corrected chi connectivity index (χ4v) is 0. The van der Waals surface area contributed by atoms with Crippen molar-refractivity contribution in [2.75, 3.05) is 0 Å². The van der Waals surface area contributed by atoms with Gasteiger partial charge in [-0.05, 0) is 0 Å². The normalized spacial score (nSPS) is 5.14. The Balaban J connectivity index is -0.0000000400. The average molecular weight is 187 g/mol. The zero-order valence-electron chi connectivity index (χ0n) is 5.18. The van der Waals surface area contributed by atoms with Gasteiger partial charge in [0.2, 0.25) is 0 Å². The van der Waals surface area contributed by atoms with Crippen LogP contribution in [0.1, 0.15) is 26.7 Å². The predicted molar refractivity (Wildman–Crippen MR) is 31.3 cm³/mol. The van der Waals surface area contributed by atoms with E-state index in [2.05, 4.69) is 13.8 Å². The molecule has 0 spiro atoms. The molecule has 0 saturated heterocycles. The van der Waals surface area contributed by atoms with Gasteiger partial charge in [-0.3, -0.25) is 0 Å². The van der Waals surface area contributed by atoms with Gasteiger partial charge in [-0.1, -0.05) is 13.8 Å². The van der Waals surface area contributed by atoms with E-state index >= 15 is 0 Å². The Morgan fingerprint density at radius 1 is 1.00 bits per heavy atom. The molecule has 46 valence electrons. The molecule has 0 aliphatic rings. The van der Waals surface area contributed by atoms with Gasteiger partial charge >= 0.3 is 19.5 Å². The van der Waals surface area contributed by atoms with Crippen LogP contribution in [0.2, 0.25) is 0 Å². The number of hydrogen-bond acceptors (Lipinski definition) is 0. The van der Waals surface area contributed by atoms with E-state index in [-0.39, 0.29) is 19.5 Å². The van der Waals surface area contributed by atoms with Crippen LogP contribution in [-0.4, -0.2) is 0 Å². The van der Waals surface area contributed by atoms with Gasteiger partial charge < -0.3 is 13.8 Å². The maximum absolute atomic E-state index is 3.49. The molecule has 0 N–H and O–H groups in total. The molecule has 0 nitrogen and oxygen atoms in total. The first kappa shape index (κ1) is 15.6. The molecule has 0 rings (SSSR count). The molecule has 0 atom stereocenters. The minimum absolute atomic E-state index is 0. The summed E-state index contributed by atoms with van der Waals surface area (Å²) in [7, 11) is 0. The van der Waals surface area contributed by atoms with Gasteiger partial charge in [-0.2, -0.15) is 12.8 Å². The van der Waals surface area contributed by atoms with Gasteiger partial charge in [0, 0.05) is 0 Å². The average Bonchev–Trinajstić information content (AvgIpc) is 1.39. The van der Waals surface area contributed by atoms with Crippen LogP contribution < -0.4 is 0 Å². The molecule has 0 aromatic rings. The number of rotatable bonds is 0. The quantitative estimate of drug-likeness (QED) is 0.403. The maximum Gasteiger partial charge on any atom is 2.00 e. The molecule has 0 aromatic heterocycles. The van der Waals surface area contributed by atoms with Gasteiger partial charge in [0.05, 0.1) is 0 Å². The van der Waals surface area contributed by atoms with Gasteiger partial charge in [0.25, 0.3) is 0 Å². The predicted octanol–water partition coefficient (Wildman–Crippen LogP) is 2.46. The van der Waals surface area contributed by atoms with Crippen LogP contribution in [0.25, 0.3) is 0 Å². The van der Waals surface area contributed by atoms with Crippen LogP contribution in [0.3, 0.4) is 0 Å². The first-order chi connectivity index (χ1) is 2.83. The van der Waals surface area contributed by atoms with Crippen molar-refractivity contribution in [1.29, 1.82) is 0 Å². The van der Waals surface area contributed by atoms with Crippen molar-refractivity contribution in [3.63, 3.8) is 0 Å². The van der Waals surface area contributed by atoms with Crippen LogP contribution >= 0.6 is 0 Å². The zero-order valence-corrected chi connectivity index (χ0v) is 6.92. The summed E-state index contributed by atoms with van der Waals surface area (Å²) in [5.41, 5.74) is 0. The minimum Gasteiger partial charge on any atom is -0.344 e. The summed E-state index contributed by atoms with van der Waals surface area (Å²) in [6.07, 6.45) is 2.00. The standard InChI is InChI=1S/2C3H7.Ru/c2*1-3-2;/h2*1,3H2,2H3;/q2*-1;+2. The molecule has 1 heteroatoms. The minimum atomic E-state index is 0. The summed E-state index contributed by atoms with van der Waals surface area (Å²) in [6, 6.07) is 0. The van der Waals surface area contributed by atoms with E-state index in [4.69, 9.17) is 0 Å². The van der Waals surface area contributed by atoms with Crippen molar-refractivity contribution in [3.05, 3.63) is 13.8 Å². The summed E-state index contributed by atoms with van der Waals surface area (Å²) in [5.74, 6) is 0. The molecule has 0 amide bonds. The molecule has 0 bridgehead atoms. The van der Waals surface area contributed by atoms with E-state index in [0.29, 0.717) is 0 Å². The molecule has 0 radical (unpaired) electrons. The van der Waals surface area contributed by atoms with E-state index in [0.717, 1.165) is 12.8 Å². The van der Waals surface area contributed by atoms with Gasteiger partial charge in [-0.15, -0.1) is 0 Å². The monoisotopic (exact) mass is 188 g/mol. The second kappa shape index (κ2) is 30.4. The molecule has 0 heterocycles. The Kier molecular flexibility index (Phi) is 68.0. The molecule has 0 aliphatic carbocycles. The summed E-state index contributed by atoms with van der Waals surface area (Å²) < 4.78 is 0. The van der Waals surface area contributed by atoms with E-state index in [1.165, 1.54) is 0 Å². The van der Waals surface area contributed by atoms with Gasteiger partial charge in [-0.25, -0.2) is 0 Å². The summed E-state index contributed by atoms with van der Waals surface area (Å²) in [5, 5.41) is 0. The summed E-state index contributed by atoms with van der Waals surface area (Å²) in [4.78, 5) is 0. The van der Waals surface area contributed by atoms with E-state index in [9.17, 15) is 0 Å². The summed E-state index contributed by atoms with van der Waals surface area (Å²) in [6.45, 7) is 11.0. The van der Waals surface area contributed by atoms with E-state index < -0.39 is 0 Å². The maximum atomic E-state index is 3.49.